The molecule has 3 atom stereocenters. The molecule has 14 nitrogen and oxygen atoms in total. The number of halogens is 1. The highest BCUT2D eigenvalue weighted by Crippen LogP contribution is 2.47. The number of nitrogens with one attached hydrogen (secondary N) is 3. The fourth-order valence-corrected chi connectivity index (χ4v) is 10.2. The van der Waals surface area contributed by atoms with E-state index in [4.69, 9.17) is 19.2 Å². The van der Waals surface area contributed by atoms with E-state index < -0.39 is 59.5 Å². The molecule has 2 aliphatic heterocycles. The summed E-state index contributed by atoms with van der Waals surface area (Å²) in [6, 6.07) is 26.6. The molecule has 0 saturated carbocycles. The van der Waals surface area contributed by atoms with E-state index >= 15 is 4.39 Å². The van der Waals surface area contributed by atoms with Gasteiger partial charge in [0.15, 0.2) is 5.60 Å². The third-order valence-corrected chi connectivity index (χ3v) is 13.5. The Morgan fingerprint density at radius 2 is 1.68 bits per heavy atom. The number of carbonyl (C=O) groups is 4. The summed E-state index contributed by atoms with van der Waals surface area (Å²) in [5.41, 5.74) is 6.68. The molecular formula is C51H46FN5O9. The zero-order valence-corrected chi connectivity index (χ0v) is 36.2. The molecule has 0 spiro atoms. The van der Waals surface area contributed by atoms with Gasteiger partial charge < -0.3 is 39.8 Å². The van der Waals surface area contributed by atoms with Crippen LogP contribution < -0.4 is 21.5 Å². The molecule has 336 valence electrons. The molecule has 4 aromatic carbocycles. The van der Waals surface area contributed by atoms with Gasteiger partial charge in [-0.25, -0.2) is 19.0 Å². The van der Waals surface area contributed by atoms with Crippen LogP contribution in [0.3, 0.4) is 0 Å². The lowest BCUT2D eigenvalue weighted by molar-refractivity contribution is -0.172. The number of rotatable bonds is 12. The van der Waals surface area contributed by atoms with Gasteiger partial charge >= 0.3 is 12.1 Å². The normalized spacial score (nSPS) is 18.0. The van der Waals surface area contributed by atoms with Crippen molar-refractivity contribution in [3.63, 3.8) is 0 Å². The largest absolute Gasteiger partial charge is 0.458 e. The van der Waals surface area contributed by atoms with Gasteiger partial charge in [-0.15, -0.1) is 0 Å². The predicted molar refractivity (Wildman–Crippen MR) is 240 cm³/mol. The number of benzene rings is 4. The third-order valence-electron chi connectivity index (χ3n) is 13.5. The van der Waals surface area contributed by atoms with Crippen LogP contribution in [-0.4, -0.2) is 64.5 Å². The first-order valence-corrected chi connectivity index (χ1v) is 22.1. The molecule has 10 rings (SSSR count). The number of hydrogen-bond acceptors (Lipinski definition) is 10. The van der Waals surface area contributed by atoms with Crippen LogP contribution in [0.1, 0.15) is 81.8 Å². The van der Waals surface area contributed by atoms with Crippen LogP contribution in [-0.2, 0) is 60.2 Å². The maximum Gasteiger partial charge on any atom is 0.407 e. The third kappa shape index (κ3) is 7.28. The van der Waals surface area contributed by atoms with Crippen molar-refractivity contribution in [1.29, 1.82) is 0 Å². The summed E-state index contributed by atoms with van der Waals surface area (Å²) in [5.74, 6) is -2.47. The Bertz CT molecular complexity index is 3020. The van der Waals surface area contributed by atoms with Crippen molar-refractivity contribution in [2.75, 3.05) is 19.9 Å². The number of aryl methyl sites for hydroxylation is 1. The molecule has 2 aromatic heterocycles. The Morgan fingerprint density at radius 3 is 2.41 bits per heavy atom. The summed E-state index contributed by atoms with van der Waals surface area (Å²) in [7, 11) is 0. The Kier molecular flexibility index (Phi) is 11.0. The molecule has 3 amide bonds. The van der Waals surface area contributed by atoms with Crippen molar-refractivity contribution in [2.24, 2.45) is 0 Å². The van der Waals surface area contributed by atoms with Crippen molar-refractivity contribution in [3.8, 4) is 22.5 Å². The van der Waals surface area contributed by atoms with E-state index in [-0.39, 0.29) is 56.4 Å². The maximum absolute atomic E-state index is 15.4. The zero-order chi connectivity index (χ0) is 45.9. The Labute approximate surface area is 378 Å². The average molecular weight is 892 g/mol. The second-order valence-corrected chi connectivity index (χ2v) is 17.2. The van der Waals surface area contributed by atoms with E-state index in [1.54, 1.807) is 19.9 Å². The summed E-state index contributed by atoms with van der Waals surface area (Å²) in [6.07, 6.45) is 0.243. The van der Waals surface area contributed by atoms with Crippen LogP contribution in [0.2, 0.25) is 0 Å². The van der Waals surface area contributed by atoms with E-state index in [0.717, 1.165) is 33.4 Å². The molecule has 0 radical (unpaired) electrons. The number of esters is 1. The number of hydrogen-bond donors (Lipinski definition) is 4. The number of carbonyl (C=O) groups excluding carboxylic acids is 4. The Morgan fingerprint density at radius 1 is 0.970 bits per heavy atom. The minimum atomic E-state index is -2.02. The molecule has 15 heteroatoms. The van der Waals surface area contributed by atoms with Crippen molar-refractivity contribution >= 4 is 34.8 Å². The summed E-state index contributed by atoms with van der Waals surface area (Å²) in [5, 5.41) is 20.5. The first-order chi connectivity index (χ1) is 31.9. The quantitative estimate of drug-likeness (QED) is 0.0657. The van der Waals surface area contributed by atoms with Gasteiger partial charge in [0.2, 0.25) is 11.8 Å². The van der Waals surface area contributed by atoms with Crippen LogP contribution >= 0.6 is 0 Å². The monoisotopic (exact) mass is 891 g/mol. The number of pyridine rings is 2. The number of nitrogens with zero attached hydrogens (tertiary/aromatic N) is 2. The van der Waals surface area contributed by atoms with Crippen molar-refractivity contribution in [2.45, 2.75) is 76.3 Å². The highest BCUT2D eigenvalue weighted by Gasteiger charge is 2.46. The van der Waals surface area contributed by atoms with Gasteiger partial charge in [0.25, 0.3) is 5.56 Å². The van der Waals surface area contributed by atoms with E-state index in [9.17, 15) is 29.1 Å². The summed E-state index contributed by atoms with van der Waals surface area (Å²) in [6.45, 7) is 2.43. The van der Waals surface area contributed by atoms with Crippen molar-refractivity contribution in [3.05, 3.63) is 157 Å². The standard InChI is InChI=1S/C51H46FN5O9/c1-3-51(63)37-20-42-46-34(22-57(42)48(60)36(37)24-65-49(51)61)45-39(18-17-29-27(2)38(52)21-40(55-46)44(29)45)54-43(58)25-64-26-53-47(59)41(19-28-11-5-4-6-12-28)56-50(62)66-23-35-32-15-9-7-13-30(32)31-14-8-10-16-33(31)35/h4-16,20-21,35,39,41,63H,3,17-19,22-26H2,1-2H3,(H,53,59)(H,54,58)(H,56,62)/t39-,41+,51-/m0/s1. The summed E-state index contributed by atoms with van der Waals surface area (Å²) < 4.78 is 33.6. The predicted octanol–water partition coefficient (Wildman–Crippen LogP) is 5.87. The van der Waals surface area contributed by atoms with Gasteiger partial charge in [0.05, 0.1) is 35.1 Å². The minimum absolute atomic E-state index is 0.0227. The molecule has 2 aliphatic carbocycles. The molecule has 0 bridgehead atoms. The number of cyclic esters (lactones) is 1. The Balaban J connectivity index is 0.826. The van der Waals surface area contributed by atoms with Crippen LogP contribution in [0, 0.1) is 12.7 Å². The minimum Gasteiger partial charge on any atom is -0.458 e. The number of ether oxygens (including phenoxy) is 3. The molecule has 4 aliphatic rings. The SMILES string of the molecule is CC[C@@]1(O)C(=O)OCc2c1cc1n(c2=O)Cc2c-1nc1cc(F)c(C)c3c1c2[C@@H](NC(=O)COCNC(=O)[C@@H](Cc1ccccc1)NC(=O)OCC1c2ccccc2-c2ccccc21)CC3. The smallest absolute Gasteiger partial charge is 0.407 e. The second kappa shape index (κ2) is 17.0. The first-order valence-electron chi connectivity index (χ1n) is 22.1. The summed E-state index contributed by atoms with van der Waals surface area (Å²) >= 11 is 0. The molecule has 6 aromatic rings. The summed E-state index contributed by atoms with van der Waals surface area (Å²) in [4.78, 5) is 72.2. The molecule has 0 fully saturated rings. The molecular weight excluding hydrogens is 846 g/mol. The second-order valence-electron chi connectivity index (χ2n) is 17.2. The topological polar surface area (TPSA) is 187 Å². The molecule has 4 N–H and O–H groups in total. The van der Waals surface area contributed by atoms with Crippen LogP contribution in [0.5, 0.6) is 0 Å². The molecule has 0 unspecified atom stereocenters. The lowest BCUT2D eigenvalue weighted by atomic mass is 9.81. The number of fused-ring (bicyclic) bond motifs is 8. The van der Waals surface area contributed by atoms with Crippen molar-refractivity contribution in [1.82, 2.24) is 25.5 Å². The number of aromatic nitrogens is 2. The maximum atomic E-state index is 15.4. The molecule has 4 heterocycles. The average Bonchev–Trinajstić information content (AvgIpc) is 3.86. The number of alkyl carbamates (subject to hydrolysis) is 1. The lowest BCUT2D eigenvalue weighted by Crippen LogP contribution is -2.49. The van der Waals surface area contributed by atoms with Crippen LogP contribution in [0.25, 0.3) is 33.4 Å². The van der Waals surface area contributed by atoms with Crippen LogP contribution in [0.4, 0.5) is 9.18 Å². The van der Waals surface area contributed by atoms with Gasteiger partial charge in [-0.05, 0) is 76.8 Å². The van der Waals surface area contributed by atoms with E-state index in [1.807, 2.05) is 66.7 Å². The lowest BCUT2D eigenvalue weighted by Gasteiger charge is -2.31. The molecule has 66 heavy (non-hydrogen) atoms. The van der Waals surface area contributed by atoms with Gasteiger partial charge in [-0.2, -0.15) is 0 Å². The number of amides is 3. The van der Waals surface area contributed by atoms with Gasteiger partial charge in [-0.1, -0.05) is 85.8 Å². The van der Waals surface area contributed by atoms with Gasteiger partial charge in [-0.3, -0.25) is 14.4 Å². The first kappa shape index (κ1) is 42.7. The highest BCUT2D eigenvalue weighted by atomic mass is 19.1. The Hall–Kier alpha value is -7.23. The highest BCUT2D eigenvalue weighted by molar-refractivity contribution is 5.94. The fourth-order valence-electron chi connectivity index (χ4n) is 10.2. The fraction of sp³-hybridized carbons (Fsp3) is 0.294. The van der Waals surface area contributed by atoms with Gasteiger partial charge in [0.1, 0.15) is 38.4 Å². The van der Waals surface area contributed by atoms with Crippen LogP contribution in [0.15, 0.2) is 95.8 Å². The van der Waals surface area contributed by atoms with E-state index in [2.05, 4.69) is 28.1 Å². The van der Waals surface area contributed by atoms with Gasteiger partial charge in [0, 0.05) is 34.9 Å². The number of aliphatic hydroxyl groups is 1. The molecule has 0 saturated heterocycles. The van der Waals surface area contributed by atoms with E-state index in [0.29, 0.717) is 51.8 Å². The zero-order valence-electron chi connectivity index (χ0n) is 36.2. The van der Waals surface area contributed by atoms with Crippen molar-refractivity contribution < 1.29 is 42.9 Å². The van der Waals surface area contributed by atoms with E-state index in [1.165, 1.54) is 10.6 Å².